The molecule has 15 heteroatoms. The first-order valence-corrected chi connectivity index (χ1v) is 26.2. The highest BCUT2D eigenvalue weighted by molar-refractivity contribution is 8.06. The van der Waals surface area contributed by atoms with Gasteiger partial charge in [0.05, 0.1) is 0 Å². The lowest BCUT2D eigenvalue weighted by atomic mass is 10.4. The van der Waals surface area contributed by atoms with Gasteiger partial charge in [-0.2, -0.15) is 11.8 Å². The second kappa shape index (κ2) is 23.1. The lowest BCUT2D eigenvalue weighted by Crippen LogP contribution is -2.35. The molecular formula is C24H46N4S11. The summed E-state index contributed by atoms with van der Waals surface area (Å²) < 4.78 is 0. The zero-order valence-electron chi connectivity index (χ0n) is 23.0. The Morgan fingerprint density at radius 2 is 0.692 bits per heavy atom. The van der Waals surface area contributed by atoms with Gasteiger partial charge in [0.15, 0.2) is 0 Å². The highest BCUT2D eigenvalue weighted by atomic mass is 32.2. The van der Waals surface area contributed by atoms with Crippen LogP contribution in [0.2, 0.25) is 0 Å². The molecule has 4 aliphatic rings. The van der Waals surface area contributed by atoms with Crippen molar-refractivity contribution in [3.05, 3.63) is 0 Å². The van der Waals surface area contributed by atoms with Crippen LogP contribution in [0, 0.1) is 0 Å². The van der Waals surface area contributed by atoms with E-state index < -0.39 is 0 Å². The van der Waals surface area contributed by atoms with E-state index in [-0.39, 0.29) is 0 Å². The molecule has 39 heavy (non-hydrogen) atoms. The molecular weight excluding hydrogens is 697 g/mol. The normalized spacial score (nSPS) is 25.8. The minimum Gasteiger partial charge on any atom is -0.284 e. The average molecular weight is 743 g/mol. The van der Waals surface area contributed by atoms with Crippen molar-refractivity contribution in [3.8, 4) is 0 Å². The average Bonchev–Trinajstić information content (AvgIpc) is 3.55. The van der Waals surface area contributed by atoms with Gasteiger partial charge < -0.3 is 0 Å². The van der Waals surface area contributed by atoms with Crippen molar-refractivity contribution < 1.29 is 0 Å². The van der Waals surface area contributed by atoms with Gasteiger partial charge in [0, 0.05) is 140 Å². The Kier molecular flexibility index (Phi) is 21.0. The molecule has 0 bridgehead atoms. The Hall–Kier alpha value is 3.69. The molecule has 0 spiro atoms. The van der Waals surface area contributed by atoms with E-state index in [1.165, 1.54) is 129 Å². The van der Waals surface area contributed by atoms with E-state index in [4.69, 9.17) is 0 Å². The topological polar surface area (TPSA) is 13.0 Å². The molecule has 0 aliphatic carbocycles. The van der Waals surface area contributed by atoms with Crippen molar-refractivity contribution in [1.29, 1.82) is 0 Å². The molecule has 4 nitrogen and oxygen atoms in total. The lowest BCUT2D eigenvalue weighted by molar-refractivity contribution is 0.381. The van der Waals surface area contributed by atoms with Crippen LogP contribution in [0.5, 0.6) is 0 Å². The van der Waals surface area contributed by atoms with E-state index in [0.717, 1.165) is 10.5 Å². The molecule has 0 amide bonds. The summed E-state index contributed by atoms with van der Waals surface area (Å²) in [5, 5.41) is 1.45. The van der Waals surface area contributed by atoms with Crippen molar-refractivity contribution >= 4 is 129 Å². The molecule has 0 aromatic carbocycles. The number of nitrogens with zero attached hydrogens (tertiary/aromatic N) is 4. The Balaban J connectivity index is 1.28. The summed E-state index contributed by atoms with van der Waals surface area (Å²) in [5.74, 6) is 25.2. The summed E-state index contributed by atoms with van der Waals surface area (Å²) in [7, 11) is 0. The maximum absolute atomic E-state index is 2.74. The number of thioether (sulfide) groups is 11. The van der Waals surface area contributed by atoms with Gasteiger partial charge in [0.1, 0.15) is 0 Å². The third-order valence-electron chi connectivity index (χ3n) is 6.20. The van der Waals surface area contributed by atoms with E-state index in [1.54, 1.807) is 0 Å². The quantitative estimate of drug-likeness (QED) is 0.189. The predicted octanol–water partition coefficient (Wildman–Crippen LogP) is 6.63. The molecule has 0 radical (unpaired) electrons. The molecule has 2 atom stereocenters. The summed E-state index contributed by atoms with van der Waals surface area (Å²) in [5.41, 5.74) is 0. The zero-order chi connectivity index (χ0) is 26.8. The Morgan fingerprint density at radius 3 is 1.00 bits per heavy atom. The molecule has 228 valence electrons. The molecule has 2 unspecified atom stereocenters. The van der Waals surface area contributed by atoms with Crippen LogP contribution in [0.15, 0.2) is 0 Å². The van der Waals surface area contributed by atoms with Crippen molar-refractivity contribution in [2.24, 2.45) is 0 Å². The van der Waals surface area contributed by atoms with Gasteiger partial charge in [0.25, 0.3) is 0 Å². The van der Waals surface area contributed by atoms with Crippen LogP contribution in [-0.4, -0.2) is 159 Å². The van der Waals surface area contributed by atoms with Crippen LogP contribution >= 0.6 is 129 Å². The van der Waals surface area contributed by atoms with Gasteiger partial charge in [-0.05, 0) is 0 Å². The summed E-state index contributed by atoms with van der Waals surface area (Å²) in [6, 6.07) is 0. The third kappa shape index (κ3) is 16.2. The number of hydrogen-bond donors (Lipinski definition) is 0. The second-order valence-corrected chi connectivity index (χ2v) is 21.9. The van der Waals surface area contributed by atoms with E-state index in [2.05, 4.69) is 149 Å². The van der Waals surface area contributed by atoms with E-state index >= 15 is 0 Å². The van der Waals surface area contributed by atoms with Crippen LogP contribution < -0.4 is 0 Å². The Morgan fingerprint density at radius 1 is 0.410 bits per heavy atom. The first kappa shape index (κ1) is 35.5. The minimum atomic E-state index is 0.723. The molecule has 4 saturated heterocycles. The smallest absolute Gasteiger partial charge is 0.0464 e. The van der Waals surface area contributed by atoms with Crippen molar-refractivity contribution in [3.63, 3.8) is 0 Å². The first-order chi connectivity index (χ1) is 19.3. The zero-order valence-corrected chi connectivity index (χ0v) is 32.0. The SMILES string of the molecule is C1CSCN(CSC(CSCC(CN2CSCCSC2)SCN2CSCCSC2)CN2CSCCSC2)CS1. The molecule has 4 aliphatic heterocycles. The van der Waals surface area contributed by atoms with Gasteiger partial charge >= 0.3 is 0 Å². The monoisotopic (exact) mass is 742 g/mol. The summed E-state index contributed by atoms with van der Waals surface area (Å²) in [6.07, 6.45) is 0. The van der Waals surface area contributed by atoms with Crippen LogP contribution in [-0.2, 0) is 0 Å². The largest absolute Gasteiger partial charge is 0.284 e. The van der Waals surface area contributed by atoms with Crippen LogP contribution in [0.3, 0.4) is 0 Å². The molecule has 0 saturated carbocycles. The highest BCUT2D eigenvalue weighted by Crippen LogP contribution is 2.29. The summed E-state index contributed by atoms with van der Waals surface area (Å²) >= 11 is 23.8. The molecule has 4 heterocycles. The summed E-state index contributed by atoms with van der Waals surface area (Å²) in [6.45, 7) is 2.51. The lowest BCUT2D eigenvalue weighted by Gasteiger charge is -2.29. The van der Waals surface area contributed by atoms with E-state index in [1.807, 2.05) is 0 Å². The fourth-order valence-corrected chi connectivity index (χ4v) is 17.5. The number of hydrogen-bond acceptors (Lipinski definition) is 15. The van der Waals surface area contributed by atoms with Crippen LogP contribution in [0.4, 0.5) is 0 Å². The Bertz CT molecular complexity index is 547. The Labute approximate surface area is 286 Å². The predicted molar refractivity (Wildman–Crippen MR) is 206 cm³/mol. The standard InChI is InChI=1S/C24H46N4S11/c1-2-30-14-25(13-29-1)9-23(38-21-27-17-33-5-6-34-18-27)11-37-12-24(10-26-15-31-3-4-32-16-26)39-22-28-19-35-7-8-36-20-28/h23-24H,1-22H2. The van der Waals surface area contributed by atoms with Gasteiger partial charge in [-0.25, -0.2) is 0 Å². The maximum Gasteiger partial charge on any atom is 0.0464 e. The van der Waals surface area contributed by atoms with E-state index in [0.29, 0.717) is 0 Å². The van der Waals surface area contributed by atoms with Gasteiger partial charge in [-0.1, -0.05) is 0 Å². The van der Waals surface area contributed by atoms with Gasteiger partial charge in [-0.3, -0.25) is 19.6 Å². The second-order valence-electron chi connectivity index (χ2n) is 9.72. The fraction of sp³-hybridized carbons (Fsp3) is 1.00. The first-order valence-electron chi connectivity index (χ1n) is 13.7. The molecule has 0 N–H and O–H groups in total. The summed E-state index contributed by atoms with van der Waals surface area (Å²) in [4.78, 5) is 10.8. The molecule has 0 aromatic rings. The van der Waals surface area contributed by atoms with Crippen molar-refractivity contribution in [2.75, 3.05) is 129 Å². The maximum atomic E-state index is 2.74. The van der Waals surface area contributed by atoms with Gasteiger partial charge in [0.2, 0.25) is 0 Å². The minimum absolute atomic E-state index is 0.723. The van der Waals surface area contributed by atoms with Crippen LogP contribution in [0.25, 0.3) is 0 Å². The van der Waals surface area contributed by atoms with Gasteiger partial charge in [-0.15, -0.1) is 118 Å². The molecule has 4 fully saturated rings. The van der Waals surface area contributed by atoms with E-state index in [9.17, 15) is 0 Å². The third-order valence-corrected chi connectivity index (χ3v) is 19.9. The van der Waals surface area contributed by atoms with Crippen molar-refractivity contribution in [2.45, 2.75) is 10.5 Å². The van der Waals surface area contributed by atoms with Crippen molar-refractivity contribution in [1.82, 2.24) is 19.6 Å². The number of rotatable bonds is 14. The fourth-order valence-electron chi connectivity index (χ4n) is 4.17. The molecule has 0 aromatic heterocycles. The highest BCUT2D eigenvalue weighted by Gasteiger charge is 2.22. The molecule has 4 rings (SSSR count). The van der Waals surface area contributed by atoms with Crippen LogP contribution in [0.1, 0.15) is 0 Å².